The molecular formula is C18H28N2O4S. The van der Waals surface area contributed by atoms with E-state index in [1.54, 1.807) is 0 Å². The molecule has 0 amide bonds. The zero-order valence-corrected chi connectivity index (χ0v) is 15.6. The lowest BCUT2D eigenvalue weighted by Crippen LogP contribution is -2.53. The van der Waals surface area contributed by atoms with Gasteiger partial charge in [0.05, 0.1) is 5.75 Å². The minimum Gasteiger partial charge on any atom is -0.480 e. The van der Waals surface area contributed by atoms with Gasteiger partial charge in [0.2, 0.25) is 0 Å². The van der Waals surface area contributed by atoms with Crippen LogP contribution in [0.15, 0.2) is 30.3 Å². The van der Waals surface area contributed by atoms with Crippen LogP contribution in [0.4, 0.5) is 0 Å². The first-order valence-corrected chi connectivity index (χ1v) is 10.6. The molecule has 1 aliphatic heterocycles. The molecule has 0 radical (unpaired) electrons. The quantitative estimate of drug-likeness (QED) is 0.711. The van der Waals surface area contributed by atoms with Gasteiger partial charge < -0.3 is 5.11 Å². The molecular weight excluding hydrogens is 340 g/mol. The monoisotopic (exact) mass is 368 g/mol. The van der Waals surface area contributed by atoms with Crippen molar-refractivity contribution >= 4 is 15.8 Å². The van der Waals surface area contributed by atoms with E-state index in [0.29, 0.717) is 12.6 Å². The number of carboxylic acid groups (broad SMARTS) is 1. The van der Waals surface area contributed by atoms with Crippen LogP contribution in [0.5, 0.6) is 0 Å². The van der Waals surface area contributed by atoms with E-state index < -0.39 is 21.6 Å². The third-order valence-electron chi connectivity index (χ3n) is 4.60. The summed E-state index contributed by atoms with van der Waals surface area (Å²) in [6.07, 6.45) is 2.16. The topological polar surface area (TPSA) is 77.9 Å². The largest absolute Gasteiger partial charge is 0.480 e. The molecule has 1 fully saturated rings. The maximum Gasteiger partial charge on any atom is 0.318 e. The van der Waals surface area contributed by atoms with Crippen LogP contribution in [0.3, 0.4) is 0 Å². The summed E-state index contributed by atoms with van der Waals surface area (Å²) in [5, 5.41) is 8.67. The Morgan fingerprint density at radius 1 is 1.24 bits per heavy atom. The van der Waals surface area contributed by atoms with Gasteiger partial charge in [-0.1, -0.05) is 43.7 Å². The van der Waals surface area contributed by atoms with Crippen LogP contribution in [0.1, 0.15) is 25.3 Å². The Labute approximate surface area is 150 Å². The molecule has 1 saturated heterocycles. The zero-order valence-electron chi connectivity index (χ0n) is 14.8. The highest BCUT2D eigenvalue weighted by atomic mass is 32.2. The van der Waals surface area contributed by atoms with Gasteiger partial charge in [-0.15, -0.1) is 0 Å². The summed E-state index contributed by atoms with van der Waals surface area (Å²) in [6.45, 7) is 6.04. The lowest BCUT2D eigenvalue weighted by atomic mass is 10.1. The first kappa shape index (κ1) is 19.9. The molecule has 1 aromatic rings. The molecule has 0 spiro atoms. The lowest BCUT2D eigenvalue weighted by molar-refractivity contribution is -0.134. The van der Waals surface area contributed by atoms with Crippen molar-refractivity contribution in [3.63, 3.8) is 0 Å². The Morgan fingerprint density at radius 3 is 2.60 bits per heavy atom. The molecule has 7 heteroatoms. The number of nitrogens with zero attached hydrogens (tertiary/aromatic N) is 2. The Kier molecular flexibility index (Phi) is 7.40. The number of carbonyl (C=O) groups is 1. The average Bonchev–Trinajstić information content (AvgIpc) is 2.55. The van der Waals surface area contributed by atoms with Gasteiger partial charge in [0.1, 0.15) is 5.75 Å². The van der Waals surface area contributed by atoms with Crippen molar-refractivity contribution in [3.8, 4) is 0 Å². The molecule has 6 nitrogen and oxygen atoms in total. The van der Waals surface area contributed by atoms with E-state index in [9.17, 15) is 13.2 Å². The van der Waals surface area contributed by atoms with Crippen LogP contribution >= 0.6 is 0 Å². The summed E-state index contributed by atoms with van der Waals surface area (Å²) in [7, 11) is -3.53. The molecule has 1 aromatic carbocycles. The second-order valence-electron chi connectivity index (χ2n) is 6.68. The van der Waals surface area contributed by atoms with Crippen LogP contribution in [0.2, 0.25) is 0 Å². The van der Waals surface area contributed by atoms with E-state index in [-0.39, 0.29) is 5.75 Å². The lowest BCUT2D eigenvalue weighted by Gasteiger charge is -2.41. The van der Waals surface area contributed by atoms with Crippen molar-refractivity contribution in [2.24, 2.45) is 0 Å². The number of sulfone groups is 1. The van der Waals surface area contributed by atoms with Gasteiger partial charge >= 0.3 is 5.97 Å². The van der Waals surface area contributed by atoms with E-state index in [1.165, 1.54) is 5.56 Å². The van der Waals surface area contributed by atoms with Crippen LogP contribution in [-0.4, -0.2) is 73.0 Å². The molecule has 1 N–H and O–H groups in total. The molecule has 1 atom stereocenters. The normalized spacial score (nSPS) is 19.8. The van der Waals surface area contributed by atoms with Crippen molar-refractivity contribution < 1.29 is 18.3 Å². The Bertz CT molecular complexity index is 648. The third kappa shape index (κ3) is 6.76. The molecule has 1 heterocycles. The van der Waals surface area contributed by atoms with Crippen LogP contribution in [0, 0.1) is 0 Å². The maximum atomic E-state index is 11.8. The van der Waals surface area contributed by atoms with E-state index in [4.69, 9.17) is 5.11 Å². The molecule has 0 bridgehead atoms. The molecule has 0 aromatic heterocycles. The highest BCUT2D eigenvalue weighted by molar-refractivity contribution is 7.92. The van der Waals surface area contributed by atoms with E-state index in [0.717, 1.165) is 39.0 Å². The minimum atomic E-state index is -3.53. The fourth-order valence-electron chi connectivity index (χ4n) is 3.32. The molecule has 1 unspecified atom stereocenters. The number of carboxylic acids is 1. The van der Waals surface area contributed by atoms with E-state index >= 15 is 0 Å². The second-order valence-corrected chi connectivity index (χ2v) is 8.87. The molecule has 2 rings (SSSR count). The molecule has 140 valence electrons. The van der Waals surface area contributed by atoms with Crippen molar-refractivity contribution in [1.82, 2.24) is 9.80 Å². The Balaban J connectivity index is 1.90. The highest BCUT2D eigenvalue weighted by Crippen LogP contribution is 2.18. The smallest absolute Gasteiger partial charge is 0.318 e. The first-order valence-electron chi connectivity index (χ1n) is 8.82. The number of hydrogen-bond donors (Lipinski definition) is 1. The molecule has 25 heavy (non-hydrogen) atoms. The summed E-state index contributed by atoms with van der Waals surface area (Å²) in [4.78, 5) is 15.2. The van der Waals surface area contributed by atoms with Crippen molar-refractivity contribution in [3.05, 3.63) is 35.9 Å². The number of piperazine rings is 1. The zero-order chi connectivity index (χ0) is 18.3. The SMILES string of the molecule is CCCC1CN(CCS(=O)(=O)CC(=O)O)CCN1Cc1ccccc1. The predicted molar refractivity (Wildman–Crippen MR) is 98.3 cm³/mol. The average molecular weight is 368 g/mol. The number of benzene rings is 1. The van der Waals surface area contributed by atoms with Crippen molar-refractivity contribution in [1.29, 1.82) is 0 Å². The molecule has 0 saturated carbocycles. The van der Waals surface area contributed by atoms with Gasteiger partial charge in [-0.05, 0) is 12.0 Å². The summed E-state index contributed by atoms with van der Waals surface area (Å²) >= 11 is 0. The van der Waals surface area contributed by atoms with Crippen LogP contribution < -0.4 is 0 Å². The Morgan fingerprint density at radius 2 is 1.96 bits per heavy atom. The number of aliphatic carboxylic acids is 1. The Hall–Kier alpha value is -1.44. The number of hydrogen-bond acceptors (Lipinski definition) is 5. The summed E-state index contributed by atoms with van der Waals surface area (Å²) in [5.74, 6) is -2.15. The van der Waals surface area contributed by atoms with Crippen molar-refractivity contribution in [2.75, 3.05) is 37.7 Å². The third-order valence-corrected chi connectivity index (χ3v) is 6.09. The molecule has 0 aliphatic carbocycles. The van der Waals surface area contributed by atoms with Gasteiger partial charge in [-0.25, -0.2) is 8.42 Å². The van der Waals surface area contributed by atoms with Crippen LogP contribution in [0.25, 0.3) is 0 Å². The second kappa shape index (κ2) is 9.31. The standard InChI is InChI=1S/C18H28N2O4S/c1-2-6-17-14-19(11-12-25(23,24)15-18(21)22)9-10-20(17)13-16-7-4-3-5-8-16/h3-5,7-8,17H,2,6,9-15H2,1H3,(H,21,22). The summed E-state index contributed by atoms with van der Waals surface area (Å²) < 4.78 is 23.6. The van der Waals surface area contributed by atoms with Gasteiger partial charge in [0, 0.05) is 38.8 Å². The van der Waals surface area contributed by atoms with Gasteiger partial charge in [0.15, 0.2) is 9.84 Å². The van der Waals surface area contributed by atoms with Gasteiger partial charge in [0.25, 0.3) is 0 Å². The van der Waals surface area contributed by atoms with Crippen molar-refractivity contribution in [2.45, 2.75) is 32.4 Å². The fraction of sp³-hybridized carbons (Fsp3) is 0.611. The fourth-order valence-corrected chi connectivity index (χ4v) is 4.38. The first-order chi connectivity index (χ1) is 11.9. The highest BCUT2D eigenvalue weighted by Gasteiger charge is 2.27. The van der Waals surface area contributed by atoms with Crippen LogP contribution in [-0.2, 0) is 21.2 Å². The summed E-state index contributed by atoms with van der Waals surface area (Å²) in [6, 6.07) is 10.8. The maximum absolute atomic E-state index is 11.8. The van der Waals surface area contributed by atoms with Gasteiger partial charge in [-0.3, -0.25) is 14.6 Å². The summed E-state index contributed by atoms with van der Waals surface area (Å²) in [5.41, 5.74) is 1.29. The molecule has 1 aliphatic rings. The van der Waals surface area contributed by atoms with E-state index in [1.807, 2.05) is 18.2 Å². The van der Waals surface area contributed by atoms with E-state index in [2.05, 4.69) is 28.9 Å². The minimum absolute atomic E-state index is 0.0865. The number of rotatable bonds is 9. The predicted octanol–water partition coefficient (Wildman–Crippen LogP) is 1.47. The van der Waals surface area contributed by atoms with Gasteiger partial charge in [-0.2, -0.15) is 0 Å².